The molecule has 4 rings (SSSR count). The number of esters is 1. The summed E-state index contributed by atoms with van der Waals surface area (Å²) in [5.41, 5.74) is 2.47. The van der Waals surface area contributed by atoms with Crippen molar-refractivity contribution in [1.29, 1.82) is 0 Å². The van der Waals surface area contributed by atoms with Gasteiger partial charge in [-0.2, -0.15) is 0 Å². The molecule has 1 unspecified atom stereocenters. The van der Waals surface area contributed by atoms with Gasteiger partial charge in [0.1, 0.15) is 12.1 Å². The normalized spacial score (nSPS) is 39.0. The first-order valence-electron chi connectivity index (χ1n) is 16.1. The van der Waals surface area contributed by atoms with E-state index in [1.807, 2.05) is 7.05 Å². The summed E-state index contributed by atoms with van der Waals surface area (Å²) in [6, 6.07) is -0.183. The Balaban J connectivity index is 1.41. The second-order valence-electron chi connectivity index (χ2n) is 15.1. The summed E-state index contributed by atoms with van der Waals surface area (Å²) < 4.78 is 6.11. The minimum Gasteiger partial charge on any atom is -0.461 e. The first kappa shape index (κ1) is 29.2. The molecule has 0 saturated heterocycles. The van der Waals surface area contributed by atoms with Crippen molar-refractivity contribution in [1.82, 2.24) is 5.32 Å². The molecule has 0 radical (unpaired) electrons. The number of fused-ring (bicyclic) bond motifs is 5. The number of rotatable bonds is 10. The Morgan fingerprint density at radius 2 is 1.76 bits per heavy atom. The lowest BCUT2D eigenvalue weighted by Crippen LogP contribution is -2.51. The highest BCUT2D eigenvalue weighted by Gasteiger charge is 2.59. The van der Waals surface area contributed by atoms with Crippen LogP contribution in [0, 0.1) is 52.3 Å². The largest absolute Gasteiger partial charge is 0.461 e. The lowest BCUT2D eigenvalue weighted by Gasteiger charge is -2.58. The molecular formula is C34H59NO2. The number of hydrogen-bond donors (Lipinski definition) is 1. The smallest absolute Gasteiger partial charge is 0.323 e. The molecule has 4 aliphatic carbocycles. The van der Waals surface area contributed by atoms with Gasteiger partial charge in [-0.15, -0.1) is 0 Å². The van der Waals surface area contributed by atoms with Gasteiger partial charge in [-0.1, -0.05) is 79.4 Å². The van der Waals surface area contributed by atoms with Crippen LogP contribution in [-0.2, 0) is 9.53 Å². The Bertz CT molecular complexity index is 817. The van der Waals surface area contributed by atoms with Crippen LogP contribution in [0.2, 0.25) is 0 Å². The lowest BCUT2D eigenvalue weighted by molar-refractivity contribution is -0.154. The minimum absolute atomic E-state index is 0.0490. The molecule has 37 heavy (non-hydrogen) atoms. The van der Waals surface area contributed by atoms with E-state index in [-0.39, 0.29) is 18.1 Å². The Kier molecular flexibility index (Phi) is 9.24. The van der Waals surface area contributed by atoms with E-state index in [1.54, 1.807) is 5.57 Å². The average molecular weight is 514 g/mol. The van der Waals surface area contributed by atoms with E-state index < -0.39 is 0 Å². The quantitative estimate of drug-likeness (QED) is 0.235. The van der Waals surface area contributed by atoms with Crippen molar-refractivity contribution in [2.24, 2.45) is 52.3 Å². The number of nitrogens with one attached hydrogen (secondary N) is 1. The average Bonchev–Trinajstić information content (AvgIpc) is 3.19. The molecular weight excluding hydrogens is 454 g/mol. The Labute approximate surface area is 229 Å². The maximum Gasteiger partial charge on any atom is 0.323 e. The highest BCUT2D eigenvalue weighted by Crippen LogP contribution is 2.67. The molecule has 4 aliphatic rings. The maximum absolute atomic E-state index is 12.9. The van der Waals surface area contributed by atoms with Crippen LogP contribution in [0.4, 0.5) is 0 Å². The lowest BCUT2D eigenvalue weighted by atomic mass is 9.47. The van der Waals surface area contributed by atoms with Crippen LogP contribution < -0.4 is 5.32 Å². The Hall–Kier alpha value is -0.830. The second-order valence-corrected chi connectivity index (χ2v) is 15.1. The summed E-state index contributed by atoms with van der Waals surface area (Å²) in [5.74, 6) is 5.65. The van der Waals surface area contributed by atoms with Gasteiger partial charge in [-0.05, 0) is 111 Å². The number of likely N-dealkylation sites (N-methyl/N-ethyl adjacent to an activating group) is 1. The van der Waals surface area contributed by atoms with Crippen LogP contribution in [0.5, 0.6) is 0 Å². The third-order valence-electron chi connectivity index (χ3n) is 11.9. The monoisotopic (exact) mass is 513 g/mol. The van der Waals surface area contributed by atoms with E-state index in [1.165, 1.54) is 57.8 Å². The first-order chi connectivity index (χ1) is 17.5. The van der Waals surface area contributed by atoms with Gasteiger partial charge in [0, 0.05) is 6.42 Å². The first-order valence-corrected chi connectivity index (χ1v) is 16.1. The van der Waals surface area contributed by atoms with Crippen LogP contribution in [-0.4, -0.2) is 25.2 Å². The molecule has 0 aromatic rings. The van der Waals surface area contributed by atoms with Crippen molar-refractivity contribution in [2.75, 3.05) is 7.05 Å². The van der Waals surface area contributed by atoms with E-state index >= 15 is 0 Å². The standard InChI is InChI=1S/C34H59NO2/c1-22(2)10-9-11-24(5)28-14-15-29-27-13-12-25-21-26(37-32(36)31(35-8)20-23(3)4)16-18-33(25,6)30(27)17-19-34(28,29)7/h12,22-24,26-31,35H,9-11,13-21H2,1-8H3/t24-,26+,27+,28-,29+,30+,31?,33+,34-/m0/s1. The predicted octanol–water partition coefficient (Wildman–Crippen LogP) is 8.57. The van der Waals surface area contributed by atoms with Crippen LogP contribution in [0.25, 0.3) is 0 Å². The third-order valence-corrected chi connectivity index (χ3v) is 11.9. The highest BCUT2D eigenvalue weighted by atomic mass is 16.5. The fourth-order valence-corrected chi connectivity index (χ4v) is 9.80. The molecule has 1 N–H and O–H groups in total. The van der Waals surface area contributed by atoms with Crippen molar-refractivity contribution >= 4 is 5.97 Å². The number of hydrogen-bond acceptors (Lipinski definition) is 3. The molecule has 0 aromatic carbocycles. The van der Waals surface area contributed by atoms with E-state index in [4.69, 9.17) is 4.74 Å². The fraction of sp³-hybridized carbons (Fsp3) is 0.912. The topological polar surface area (TPSA) is 38.3 Å². The van der Waals surface area contributed by atoms with E-state index in [9.17, 15) is 4.79 Å². The Morgan fingerprint density at radius 1 is 1.00 bits per heavy atom. The third kappa shape index (κ3) is 5.87. The van der Waals surface area contributed by atoms with Crippen LogP contribution in [0.15, 0.2) is 11.6 Å². The number of ether oxygens (including phenoxy) is 1. The van der Waals surface area contributed by atoms with Crippen molar-refractivity contribution < 1.29 is 9.53 Å². The van der Waals surface area contributed by atoms with E-state index in [0.29, 0.717) is 16.7 Å². The molecule has 9 atom stereocenters. The molecule has 0 spiro atoms. The highest BCUT2D eigenvalue weighted by molar-refractivity contribution is 5.76. The van der Waals surface area contributed by atoms with Gasteiger partial charge in [0.25, 0.3) is 0 Å². The fourth-order valence-electron chi connectivity index (χ4n) is 9.80. The molecule has 212 valence electrons. The summed E-state index contributed by atoms with van der Waals surface area (Å²) in [4.78, 5) is 12.9. The van der Waals surface area contributed by atoms with Crippen molar-refractivity contribution in [3.8, 4) is 0 Å². The summed E-state index contributed by atoms with van der Waals surface area (Å²) in [5, 5.41) is 3.19. The van der Waals surface area contributed by atoms with Gasteiger partial charge in [0.05, 0.1) is 0 Å². The van der Waals surface area contributed by atoms with Crippen LogP contribution in [0.1, 0.15) is 126 Å². The van der Waals surface area contributed by atoms with Crippen molar-refractivity contribution in [3.05, 3.63) is 11.6 Å². The van der Waals surface area contributed by atoms with Gasteiger partial charge >= 0.3 is 5.97 Å². The number of carbonyl (C=O) groups is 1. The Morgan fingerprint density at radius 3 is 2.43 bits per heavy atom. The van der Waals surface area contributed by atoms with Crippen molar-refractivity contribution in [3.63, 3.8) is 0 Å². The molecule has 0 heterocycles. The zero-order valence-electron chi connectivity index (χ0n) is 25.6. The van der Waals surface area contributed by atoms with E-state index in [0.717, 1.165) is 54.8 Å². The summed E-state index contributed by atoms with van der Waals surface area (Å²) >= 11 is 0. The van der Waals surface area contributed by atoms with Crippen LogP contribution >= 0.6 is 0 Å². The number of carbonyl (C=O) groups excluding carboxylic acids is 1. The van der Waals surface area contributed by atoms with Gasteiger partial charge in [-0.25, -0.2) is 0 Å². The zero-order chi connectivity index (χ0) is 27.0. The van der Waals surface area contributed by atoms with Crippen molar-refractivity contribution in [2.45, 2.75) is 138 Å². The molecule has 0 aromatic heterocycles. The van der Waals surface area contributed by atoms with Gasteiger partial charge < -0.3 is 10.1 Å². The van der Waals surface area contributed by atoms with E-state index in [2.05, 4.69) is 59.9 Å². The minimum atomic E-state index is -0.183. The number of allylic oxidation sites excluding steroid dienone is 1. The molecule has 3 saturated carbocycles. The molecule has 3 fully saturated rings. The van der Waals surface area contributed by atoms with Crippen LogP contribution in [0.3, 0.4) is 0 Å². The second kappa shape index (κ2) is 11.7. The summed E-state index contributed by atoms with van der Waals surface area (Å²) in [6.07, 6.45) is 17.9. The summed E-state index contributed by atoms with van der Waals surface area (Å²) in [7, 11) is 1.88. The molecule has 3 nitrogen and oxygen atoms in total. The van der Waals surface area contributed by atoms with Gasteiger partial charge in [0.2, 0.25) is 0 Å². The predicted molar refractivity (Wildman–Crippen MR) is 155 cm³/mol. The molecule has 3 heteroatoms. The van der Waals surface area contributed by atoms with Gasteiger partial charge in [0.15, 0.2) is 0 Å². The molecule has 0 bridgehead atoms. The molecule has 0 amide bonds. The maximum atomic E-state index is 12.9. The molecule has 0 aliphatic heterocycles. The zero-order valence-corrected chi connectivity index (χ0v) is 25.6. The SMILES string of the molecule is CNC(CC(C)C)C(=O)O[C@@H]1CC[C@]2(C)C(=CC[C@@H]3[C@H]4CC[C@@H]([C@@H](C)CCCC(C)C)[C@]4(C)CC[C@H]32)C1. The summed E-state index contributed by atoms with van der Waals surface area (Å²) in [6.45, 7) is 16.9. The van der Waals surface area contributed by atoms with Gasteiger partial charge in [-0.3, -0.25) is 4.79 Å².